The van der Waals surface area contributed by atoms with Crippen molar-refractivity contribution in [1.82, 2.24) is 9.88 Å². The Balaban J connectivity index is 1.86. The molecule has 2 aromatic carbocycles. The van der Waals surface area contributed by atoms with Crippen molar-refractivity contribution in [2.45, 2.75) is 11.4 Å². The summed E-state index contributed by atoms with van der Waals surface area (Å²) in [7, 11) is 4.07. The van der Waals surface area contributed by atoms with Crippen molar-refractivity contribution in [3.63, 3.8) is 0 Å². The number of fused-ring (bicyclic) bond motifs is 1. The van der Waals surface area contributed by atoms with Crippen LogP contribution in [0.2, 0.25) is 0 Å². The van der Waals surface area contributed by atoms with Crippen LogP contribution in [0.4, 0.5) is 5.69 Å². The molecule has 4 nitrogen and oxygen atoms in total. The molecule has 0 unspecified atom stereocenters. The first kappa shape index (κ1) is 16.5. The summed E-state index contributed by atoms with van der Waals surface area (Å²) in [5.41, 5.74) is 3.63. The molecule has 0 spiro atoms. The number of nitrogens with one attached hydrogen (secondary N) is 1. The molecule has 0 aliphatic carbocycles. The summed E-state index contributed by atoms with van der Waals surface area (Å²) in [6.45, 7) is 0.804. The Hall–Kier alpha value is -2.37. The molecule has 5 heteroatoms. The van der Waals surface area contributed by atoms with Gasteiger partial charge in [0.15, 0.2) is 0 Å². The lowest BCUT2D eigenvalue weighted by Crippen LogP contribution is -2.11. The van der Waals surface area contributed by atoms with Crippen LogP contribution in [0.3, 0.4) is 0 Å². The third kappa shape index (κ3) is 3.93. The van der Waals surface area contributed by atoms with Crippen molar-refractivity contribution < 1.29 is 4.79 Å². The highest BCUT2D eigenvalue weighted by atomic mass is 32.2. The number of anilines is 1. The van der Waals surface area contributed by atoms with Gasteiger partial charge in [0.25, 0.3) is 0 Å². The summed E-state index contributed by atoms with van der Waals surface area (Å²) >= 11 is 1.48. The average Bonchev–Trinajstić information content (AvgIpc) is 2.59. The van der Waals surface area contributed by atoms with Crippen molar-refractivity contribution in [1.29, 1.82) is 0 Å². The Morgan fingerprint density at radius 3 is 2.75 bits per heavy atom. The summed E-state index contributed by atoms with van der Waals surface area (Å²) in [5, 5.41) is 1.10. The number of carbonyl (C=O) groups excluding carboxylic acids is 1. The minimum atomic E-state index is 0.672. The smallest absolute Gasteiger partial charge is 0.150 e. The van der Waals surface area contributed by atoms with E-state index in [0.717, 1.165) is 40.0 Å². The second-order valence-electron chi connectivity index (χ2n) is 5.81. The fourth-order valence-corrected chi connectivity index (χ4v) is 3.18. The third-order valence-corrected chi connectivity index (χ3v) is 4.34. The summed E-state index contributed by atoms with van der Waals surface area (Å²) in [4.78, 5) is 18.8. The van der Waals surface area contributed by atoms with Crippen LogP contribution in [-0.4, -0.2) is 30.3 Å². The number of hydrogen-bond acceptors (Lipinski definition) is 5. The molecule has 1 N–H and O–H groups in total. The number of benzene rings is 2. The van der Waals surface area contributed by atoms with Crippen molar-refractivity contribution in [3.8, 4) is 0 Å². The van der Waals surface area contributed by atoms with Gasteiger partial charge in [0, 0.05) is 22.4 Å². The lowest BCUT2D eigenvalue weighted by atomic mass is 10.2. The number of para-hydroxylation sites is 1. The first-order valence-electron chi connectivity index (χ1n) is 7.67. The van der Waals surface area contributed by atoms with E-state index in [9.17, 15) is 4.79 Å². The summed E-state index contributed by atoms with van der Waals surface area (Å²) in [5.74, 6) is 0. The Bertz CT molecular complexity index is 864. The molecule has 0 saturated heterocycles. The van der Waals surface area contributed by atoms with Crippen molar-refractivity contribution in [2.75, 3.05) is 18.8 Å². The zero-order valence-corrected chi connectivity index (χ0v) is 14.5. The van der Waals surface area contributed by atoms with Gasteiger partial charge in [0.2, 0.25) is 0 Å². The molecule has 1 aromatic heterocycles. The van der Waals surface area contributed by atoms with E-state index in [-0.39, 0.29) is 0 Å². The number of aromatic nitrogens is 1. The van der Waals surface area contributed by atoms with Gasteiger partial charge in [0.05, 0.1) is 16.9 Å². The molecule has 0 aliphatic rings. The molecule has 122 valence electrons. The maximum absolute atomic E-state index is 10.9. The van der Waals surface area contributed by atoms with E-state index in [1.165, 1.54) is 11.9 Å². The van der Waals surface area contributed by atoms with Crippen molar-refractivity contribution in [2.24, 2.45) is 0 Å². The fourth-order valence-electron chi connectivity index (χ4n) is 2.45. The zero-order chi connectivity index (χ0) is 16.9. The first-order chi connectivity index (χ1) is 11.7. The standard InChI is InChI=1S/C19H19N3OS/c1-22(2)12-16-10-9-15-6-4-8-18(19(15)20-16)21-24-17-7-3-5-14(11-17)13-23/h3-11,13,21H,12H2,1-2H3. The molecule has 3 aromatic rings. The second-order valence-corrected chi connectivity index (χ2v) is 6.69. The lowest BCUT2D eigenvalue weighted by molar-refractivity contribution is 0.112. The maximum atomic E-state index is 10.9. The van der Waals surface area contributed by atoms with E-state index < -0.39 is 0 Å². The predicted octanol–water partition coefficient (Wildman–Crippen LogP) is 4.23. The normalized spacial score (nSPS) is 11.0. The largest absolute Gasteiger partial charge is 0.324 e. The van der Waals surface area contributed by atoms with E-state index in [4.69, 9.17) is 4.98 Å². The van der Waals surface area contributed by atoms with Crippen LogP contribution in [-0.2, 0) is 6.54 Å². The van der Waals surface area contributed by atoms with E-state index in [2.05, 4.69) is 27.8 Å². The average molecular weight is 337 g/mol. The van der Waals surface area contributed by atoms with Gasteiger partial charge < -0.3 is 9.62 Å². The SMILES string of the molecule is CN(C)Cc1ccc2cccc(NSc3cccc(C=O)c3)c2n1. The van der Waals surface area contributed by atoms with Gasteiger partial charge in [-0.05, 0) is 50.3 Å². The van der Waals surface area contributed by atoms with Gasteiger partial charge in [-0.15, -0.1) is 0 Å². The first-order valence-corrected chi connectivity index (χ1v) is 8.49. The zero-order valence-electron chi connectivity index (χ0n) is 13.7. The van der Waals surface area contributed by atoms with Crippen molar-refractivity contribution >= 4 is 34.8 Å². The maximum Gasteiger partial charge on any atom is 0.150 e. The summed E-state index contributed by atoms with van der Waals surface area (Å²) in [6, 6.07) is 17.8. The number of carbonyl (C=O) groups is 1. The van der Waals surface area contributed by atoms with Crippen LogP contribution in [0.5, 0.6) is 0 Å². The Morgan fingerprint density at radius 1 is 1.12 bits per heavy atom. The fraction of sp³-hybridized carbons (Fsp3) is 0.158. The Labute approximate surface area is 146 Å². The molecule has 0 saturated carbocycles. The number of aldehydes is 1. The topological polar surface area (TPSA) is 45.2 Å². The van der Waals surface area contributed by atoms with Gasteiger partial charge in [-0.1, -0.05) is 30.3 Å². The molecule has 0 bridgehead atoms. The van der Waals surface area contributed by atoms with E-state index in [1.54, 1.807) is 6.07 Å². The quantitative estimate of drug-likeness (QED) is 0.539. The lowest BCUT2D eigenvalue weighted by Gasteiger charge is -2.12. The molecule has 0 aliphatic heterocycles. The minimum Gasteiger partial charge on any atom is -0.324 e. The van der Waals surface area contributed by atoms with Gasteiger partial charge >= 0.3 is 0 Å². The molecule has 0 fully saturated rings. The highest BCUT2D eigenvalue weighted by Gasteiger charge is 2.06. The molecule has 3 rings (SSSR count). The van der Waals surface area contributed by atoms with Gasteiger partial charge in [-0.25, -0.2) is 4.98 Å². The van der Waals surface area contributed by atoms with E-state index in [0.29, 0.717) is 5.56 Å². The van der Waals surface area contributed by atoms with Crippen molar-refractivity contribution in [3.05, 3.63) is 65.9 Å². The van der Waals surface area contributed by atoms with E-state index in [1.807, 2.05) is 44.4 Å². The van der Waals surface area contributed by atoms with E-state index >= 15 is 0 Å². The number of rotatable bonds is 6. The molecular weight excluding hydrogens is 318 g/mol. The van der Waals surface area contributed by atoms with Crippen LogP contribution in [0, 0.1) is 0 Å². The van der Waals surface area contributed by atoms with Crippen LogP contribution in [0.25, 0.3) is 10.9 Å². The highest BCUT2D eigenvalue weighted by Crippen LogP contribution is 2.27. The van der Waals surface area contributed by atoms with Gasteiger partial charge in [-0.2, -0.15) is 0 Å². The number of pyridine rings is 1. The van der Waals surface area contributed by atoms with Crippen LogP contribution < -0.4 is 4.72 Å². The molecule has 1 heterocycles. The number of nitrogens with zero attached hydrogens (tertiary/aromatic N) is 2. The highest BCUT2D eigenvalue weighted by molar-refractivity contribution is 8.00. The summed E-state index contributed by atoms with van der Waals surface area (Å²) in [6.07, 6.45) is 0.858. The molecule has 0 atom stereocenters. The Kier molecular flexibility index (Phi) is 5.13. The van der Waals surface area contributed by atoms with Crippen LogP contribution >= 0.6 is 11.9 Å². The third-order valence-electron chi connectivity index (χ3n) is 3.53. The Morgan fingerprint density at radius 2 is 1.96 bits per heavy atom. The summed E-state index contributed by atoms with van der Waals surface area (Å²) < 4.78 is 3.36. The molecule has 24 heavy (non-hydrogen) atoms. The van der Waals surface area contributed by atoms with Crippen LogP contribution in [0.1, 0.15) is 16.1 Å². The molecule has 0 radical (unpaired) electrons. The van der Waals surface area contributed by atoms with Gasteiger partial charge in [0.1, 0.15) is 6.29 Å². The minimum absolute atomic E-state index is 0.672. The van der Waals surface area contributed by atoms with Gasteiger partial charge in [-0.3, -0.25) is 4.79 Å². The second kappa shape index (κ2) is 7.47. The monoisotopic (exact) mass is 337 g/mol. The van der Waals surface area contributed by atoms with Crippen LogP contribution in [0.15, 0.2) is 59.5 Å². The molecule has 0 amide bonds. The predicted molar refractivity (Wildman–Crippen MR) is 100 cm³/mol. The number of hydrogen-bond donors (Lipinski definition) is 1. The molecular formula is C19H19N3OS.